The summed E-state index contributed by atoms with van der Waals surface area (Å²) in [7, 11) is 2.16. The number of nitrogens with zero attached hydrogens (tertiary/aromatic N) is 1. The Morgan fingerprint density at radius 1 is 1.44 bits per heavy atom. The lowest BCUT2D eigenvalue weighted by Crippen LogP contribution is -2.55. The third-order valence-electron chi connectivity index (χ3n) is 4.29. The Morgan fingerprint density at radius 2 is 2.00 bits per heavy atom. The number of likely N-dealkylation sites (N-methyl/N-ethyl adjacent to an activating group) is 1. The molecule has 1 unspecified atom stereocenters. The van der Waals surface area contributed by atoms with Crippen molar-refractivity contribution >= 4 is 0 Å². The highest BCUT2D eigenvalue weighted by molar-refractivity contribution is 4.94. The Hall–Kier alpha value is -0.120. The van der Waals surface area contributed by atoms with E-state index in [-0.39, 0.29) is 12.1 Å². The molecule has 3 N–H and O–H groups in total. The van der Waals surface area contributed by atoms with E-state index < -0.39 is 0 Å². The van der Waals surface area contributed by atoms with Crippen LogP contribution in [0.3, 0.4) is 0 Å². The van der Waals surface area contributed by atoms with E-state index in [9.17, 15) is 0 Å². The third kappa shape index (κ3) is 3.19. The van der Waals surface area contributed by atoms with Crippen molar-refractivity contribution in [3.8, 4) is 0 Å². The zero-order valence-corrected chi connectivity index (χ0v) is 11.1. The van der Waals surface area contributed by atoms with Gasteiger partial charge in [-0.15, -0.1) is 0 Å². The molecule has 0 aromatic rings. The van der Waals surface area contributed by atoms with E-state index in [0.29, 0.717) is 5.92 Å². The summed E-state index contributed by atoms with van der Waals surface area (Å²) in [6.07, 6.45) is 4.99. The Balaban J connectivity index is 2.57. The van der Waals surface area contributed by atoms with E-state index in [0.717, 1.165) is 19.0 Å². The molecule has 0 bridgehead atoms. The maximum atomic E-state index is 9.12. The van der Waals surface area contributed by atoms with Gasteiger partial charge in [-0.05, 0) is 44.6 Å². The van der Waals surface area contributed by atoms with E-state index in [4.69, 9.17) is 10.8 Å². The molecule has 0 amide bonds. The number of aliphatic hydroxyl groups excluding tert-OH is 1. The van der Waals surface area contributed by atoms with E-state index in [1.54, 1.807) is 0 Å². The van der Waals surface area contributed by atoms with Gasteiger partial charge in [-0.25, -0.2) is 0 Å². The minimum Gasteiger partial charge on any atom is -0.396 e. The van der Waals surface area contributed by atoms with Crippen LogP contribution in [0.5, 0.6) is 0 Å². The second-order valence-corrected chi connectivity index (χ2v) is 5.78. The fourth-order valence-corrected chi connectivity index (χ4v) is 2.76. The van der Waals surface area contributed by atoms with Gasteiger partial charge in [-0.1, -0.05) is 13.8 Å². The van der Waals surface area contributed by atoms with E-state index >= 15 is 0 Å². The molecule has 96 valence electrons. The summed E-state index contributed by atoms with van der Waals surface area (Å²) in [4.78, 5) is 2.39. The maximum Gasteiger partial charge on any atom is 0.0468 e. The van der Waals surface area contributed by atoms with Gasteiger partial charge in [-0.2, -0.15) is 0 Å². The van der Waals surface area contributed by atoms with Crippen molar-refractivity contribution in [3.05, 3.63) is 0 Å². The Labute approximate surface area is 100 Å². The second-order valence-electron chi connectivity index (χ2n) is 5.78. The lowest BCUT2D eigenvalue weighted by molar-refractivity contribution is 0.0479. The molecule has 1 atom stereocenters. The fraction of sp³-hybridized carbons (Fsp3) is 1.00. The molecule has 0 heterocycles. The van der Waals surface area contributed by atoms with Gasteiger partial charge in [0.2, 0.25) is 0 Å². The number of rotatable bonds is 5. The summed E-state index contributed by atoms with van der Waals surface area (Å²) >= 11 is 0. The van der Waals surface area contributed by atoms with Crippen molar-refractivity contribution in [3.63, 3.8) is 0 Å². The SMILES string of the molecule is CC1CCC(CN)(N(C)CC(C)CO)CC1. The average Bonchev–Trinajstić information content (AvgIpc) is 2.30. The molecular weight excluding hydrogens is 200 g/mol. The number of aliphatic hydroxyl groups is 1. The predicted molar refractivity (Wildman–Crippen MR) is 68.3 cm³/mol. The number of nitrogens with two attached hydrogens (primary N) is 1. The second kappa shape index (κ2) is 5.99. The maximum absolute atomic E-state index is 9.12. The zero-order chi connectivity index (χ0) is 12.2. The van der Waals surface area contributed by atoms with Gasteiger partial charge in [0.1, 0.15) is 0 Å². The van der Waals surface area contributed by atoms with Gasteiger partial charge >= 0.3 is 0 Å². The van der Waals surface area contributed by atoms with Crippen molar-refractivity contribution in [1.29, 1.82) is 0 Å². The molecule has 1 aliphatic carbocycles. The highest BCUT2D eigenvalue weighted by atomic mass is 16.3. The molecule has 0 aromatic carbocycles. The number of hydrogen-bond donors (Lipinski definition) is 2. The van der Waals surface area contributed by atoms with Gasteiger partial charge in [0.25, 0.3) is 0 Å². The number of hydrogen-bond acceptors (Lipinski definition) is 3. The van der Waals surface area contributed by atoms with Gasteiger partial charge in [0.05, 0.1) is 0 Å². The quantitative estimate of drug-likeness (QED) is 0.749. The summed E-state index contributed by atoms with van der Waals surface area (Å²) < 4.78 is 0. The van der Waals surface area contributed by atoms with E-state index in [1.165, 1.54) is 25.7 Å². The van der Waals surface area contributed by atoms with E-state index in [2.05, 4.69) is 25.8 Å². The molecule has 1 saturated carbocycles. The molecule has 16 heavy (non-hydrogen) atoms. The molecule has 1 rings (SSSR count). The van der Waals surface area contributed by atoms with Gasteiger partial charge in [0.15, 0.2) is 0 Å². The molecule has 3 nitrogen and oxygen atoms in total. The summed E-state index contributed by atoms with van der Waals surface area (Å²) in [6, 6.07) is 0. The highest BCUT2D eigenvalue weighted by Gasteiger charge is 2.36. The van der Waals surface area contributed by atoms with Gasteiger partial charge < -0.3 is 10.8 Å². The van der Waals surface area contributed by atoms with Crippen LogP contribution in [0.15, 0.2) is 0 Å². The Bertz CT molecular complexity index is 200. The molecule has 0 aliphatic heterocycles. The molecule has 0 aromatic heterocycles. The van der Waals surface area contributed by atoms with Gasteiger partial charge in [-0.3, -0.25) is 4.90 Å². The topological polar surface area (TPSA) is 49.5 Å². The minimum absolute atomic E-state index is 0.190. The lowest BCUT2D eigenvalue weighted by Gasteiger charge is -2.46. The molecule has 3 heteroatoms. The fourth-order valence-electron chi connectivity index (χ4n) is 2.76. The average molecular weight is 228 g/mol. The summed E-state index contributed by atoms with van der Waals surface area (Å²) in [6.45, 7) is 6.38. The smallest absolute Gasteiger partial charge is 0.0468 e. The first-order valence-electron chi connectivity index (χ1n) is 6.56. The van der Waals surface area contributed by atoms with Crippen molar-refractivity contribution in [2.24, 2.45) is 17.6 Å². The summed E-state index contributed by atoms with van der Waals surface area (Å²) in [5, 5.41) is 9.12. The van der Waals surface area contributed by atoms with Crippen molar-refractivity contribution in [2.75, 3.05) is 26.7 Å². The van der Waals surface area contributed by atoms with E-state index in [1.807, 2.05) is 0 Å². The van der Waals surface area contributed by atoms with Gasteiger partial charge in [0, 0.05) is 25.2 Å². The molecular formula is C13H28N2O. The van der Waals surface area contributed by atoms with Crippen molar-refractivity contribution in [1.82, 2.24) is 4.90 Å². The first-order chi connectivity index (χ1) is 7.54. The minimum atomic E-state index is 0.190. The molecule has 0 spiro atoms. The molecule has 0 radical (unpaired) electrons. The van der Waals surface area contributed by atoms with Crippen molar-refractivity contribution < 1.29 is 5.11 Å². The van der Waals surface area contributed by atoms with Crippen LogP contribution in [0.1, 0.15) is 39.5 Å². The third-order valence-corrected chi connectivity index (χ3v) is 4.29. The van der Waals surface area contributed by atoms with Crippen LogP contribution in [-0.2, 0) is 0 Å². The first kappa shape index (κ1) is 13.9. The summed E-state index contributed by atoms with van der Waals surface area (Å²) in [5.41, 5.74) is 6.19. The van der Waals surface area contributed by atoms with Crippen LogP contribution in [-0.4, -0.2) is 42.3 Å². The van der Waals surface area contributed by atoms with Crippen molar-refractivity contribution in [2.45, 2.75) is 45.1 Å². The van der Waals surface area contributed by atoms with Crippen LogP contribution in [0.4, 0.5) is 0 Å². The van der Waals surface area contributed by atoms with Crippen LogP contribution in [0.2, 0.25) is 0 Å². The monoisotopic (exact) mass is 228 g/mol. The zero-order valence-electron chi connectivity index (χ0n) is 11.1. The van der Waals surface area contributed by atoms with Crippen LogP contribution < -0.4 is 5.73 Å². The molecule has 0 saturated heterocycles. The molecule has 1 fully saturated rings. The predicted octanol–water partition coefficient (Wildman–Crippen LogP) is 1.45. The highest BCUT2D eigenvalue weighted by Crippen LogP contribution is 2.35. The van der Waals surface area contributed by atoms with Crippen LogP contribution >= 0.6 is 0 Å². The normalized spacial score (nSPS) is 33.0. The largest absolute Gasteiger partial charge is 0.396 e. The standard InChI is InChI=1S/C13H28N2O/c1-11-4-6-13(10-14,7-5-11)15(3)8-12(2)9-16/h11-12,16H,4-10,14H2,1-3H3. The molecule has 1 aliphatic rings. The Kier molecular flexibility index (Phi) is 5.22. The van der Waals surface area contributed by atoms with Crippen LogP contribution in [0.25, 0.3) is 0 Å². The van der Waals surface area contributed by atoms with Crippen LogP contribution in [0, 0.1) is 11.8 Å². The summed E-state index contributed by atoms with van der Waals surface area (Å²) in [5.74, 6) is 1.19. The first-order valence-corrected chi connectivity index (χ1v) is 6.56. The lowest BCUT2D eigenvalue weighted by atomic mass is 9.76. The Morgan fingerprint density at radius 3 is 2.44 bits per heavy atom.